The minimum Gasteiger partial charge on any atom is -0.444 e. The zero-order valence-electron chi connectivity index (χ0n) is 11.1. The van der Waals surface area contributed by atoms with Crippen LogP contribution in [0, 0.1) is 0 Å². The van der Waals surface area contributed by atoms with Gasteiger partial charge in [0, 0.05) is 5.69 Å². The summed E-state index contributed by atoms with van der Waals surface area (Å²) in [6, 6.07) is 7.23. The van der Waals surface area contributed by atoms with E-state index in [9.17, 15) is 4.79 Å². The Bertz CT molecular complexity index is 541. The molecule has 1 amide bonds. The largest absolute Gasteiger partial charge is 0.444 e. The predicted octanol–water partition coefficient (Wildman–Crippen LogP) is 2.61. The van der Waals surface area contributed by atoms with Gasteiger partial charge < -0.3 is 4.74 Å². The molecule has 0 aliphatic carbocycles. The summed E-state index contributed by atoms with van der Waals surface area (Å²) in [7, 11) is 0. The molecule has 0 radical (unpaired) electrons. The first-order valence-corrected chi connectivity index (χ1v) is 5.91. The standard InChI is InChI=1S/C13H16N4O2/c1-13(2,3)19-12(18)15-10-4-6-11(7-5-10)17-9-8-14-16-17/h4-9H,1-3H3,(H,15,18). The molecule has 2 rings (SSSR count). The lowest BCUT2D eigenvalue weighted by molar-refractivity contribution is 0.0636. The van der Waals surface area contributed by atoms with Crippen molar-refractivity contribution in [1.82, 2.24) is 15.0 Å². The molecule has 0 aliphatic heterocycles. The summed E-state index contributed by atoms with van der Waals surface area (Å²) in [5.74, 6) is 0. The van der Waals surface area contributed by atoms with Crippen LogP contribution in [0.15, 0.2) is 36.7 Å². The molecule has 0 bridgehead atoms. The molecule has 1 N–H and O–H groups in total. The Kier molecular flexibility index (Phi) is 3.50. The number of hydrogen-bond donors (Lipinski definition) is 1. The monoisotopic (exact) mass is 260 g/mol. The van der Waals surface area contributed by atoms with Gasteiger partial charge in [-0.15, -0.1) is 5.10 Å². The summed E-state index contributed by atoms with van der Waals surface area (Å²) < 4.78 is 6.80. The second-order valence-electron chi connectivity index (χ2n) is 5.02. The smallest absolute Gasteiger partial charge is 0.412 e. The van der Waals surface area contributed by atoms with Crippen LogP contribution in [-0.4, -0.2) is 26.7 Å². The Labute approximate surface area is 111 Å². The van der Waals surface area contributed by atoms with E-state index in [0.29, 0.717) is 5.69 Å². The fourth-order valence-corrected chi connectivity index (χ4v) is 1.46. The highest BCUT2D eigenvalue weighted by Gasteiger charge is 2.16. The summed E-state index contributed by atoms with van der Waals surface area (Å²) in [5, 5.41) is 10.3. The maximum atomic E-state index is 11.6. The second kappa shape index (κ2) is 5.09. The zero-order chi connectivity index (χ0) is 13.9. The van der Waals surface area contributed by atoms with Crippen molar-refractivity contribution in [3.8, 4) is 5.69 Å². The Balaban J connectivity index is 2.01. The average molecular weight is 260 g/mol. The van der Waals surface area contributed by atoms with E-state index in [1.807, 2.05) is 32.9 Å². The lowest BCUT2D eigenvalue weighted by Gasteiger charge is -2.19. The predicted molar refractivity (Wildman–Crippen MR) is 71.2 cm³/mol. The van der Waals surface area contributed by atoms with E-state index in [-0.39, 0.29) is 0 Å². The van der Waals surface area contributed by atoms with Crippen LogP contribution in [0.2, 0.25) is 0 Å². The van der Waals surface area contributed by atoms with Crippen LogP contribution < -0.4 is 5.32 Å². The highest BCUT2D eigenvalue weighted by Crippen LogP contribution is 2.14. The second-order valence-corrected chi connectivity index (χ2v) is 5.02. The summed E-state index contributed by atoms with van der Waals surface area (Å²) in [5.41, 5.74) is 1.02. The van der Waals surface area contributed by atoms with E-state index in [1.165, 1.54) is 0 Å². The molecule has 0 saturated heterocycles. The van der Waals surface area contributed by atoms with Crippen molar-refractivity contribution < 1.29 is 9.53 Å². The number of carbonyl (C=O) groups excluding carboxylic acids is 1. The Morgan fingerprint density at radius 3 is 2.47 bits per heavy atom. The van der Waals surface area contributed by atoms with Gasteiger partial charge >= 0.3 is 6.09 Å². The van der Waals surface area contributed by atoms with Crippen molar-refractivity contribution in [3.63, 3.8) is 0 Å². The number of carbonyl (C=O) groups is 1. The lowest BCUT2D eigenvalue weighted by atomic mass is 10.2. The summed E-state index contributed by atoms with van der Waals surface area (Å²) in [6.07, 6.45) is 2.88. The quantitative estimate of drug-likeness (QED) is 0.901. The number of benzene rings is 1. The maximum absolute atomic E-state index is 11.6. The first kappa shape index (κ1) is 13.1. The molecule has 0 fully saturated rings. The van der Waals surface area contributed by atoms with Gasteiger partial charge in [0.1, 0.15) is 5.60 Å². The van der Waals surface area contributed by atoms with E-state index in [0.717, 1.165) is 5.69 Å². The van der Waals surface area contributed by atoms with Gasteiger partial charge in [-0.25, -0.2) is 9.48 Å². The average Bonchev–Trinajstić information content (AvgIpc) is 2.80. The van der Waals surface area contributed by atoms with E-state index < -0.39 is 11.7 Å². The topological polar surface area (TPSA) is 69.0 Å². The number of nitrogens with zero attached hydrogens (tertiary/aromatic N) is 3. The van der Waals surface area contributed by atoms with Crippen LogP contribution in [0.1, 0.15) is 20.8 Å². The number of nitrogens with one attached hydrogen (secondary N) is 1. The first-order chi connectivity index (χ1) is 8.94. The van der Waals surface area contributed by atoms with Gasteiger partial charge in [0.05, 0.1) is 18.1 Å². The summed E-state index contributed by atoms with van der Waals surface area (Å²) in [4.78, 5) is 11.6. The third-order valence-electron chi connectivity index (χ3n) is 2.20. The van der Waals surface area contributed by atoms with E-state index >= 15 is 0 Å². The Morgan fingerprint density at radius 2 is 1.95 bits per heavy atom. The molecule has 6 heteroatoms. The van der Waals surface area contributed by atoms with Crippen molar-refractivity contribution in [2.75, 3.05) is 5.32 Å². The molecule has 100 valence electrons. The number of anilines is 1. The third-order valence-corrected chi connectivity index (χ3v) is 2.20. The maximum Gasteiger partial charge on any atom is 0.412 e. The van der Waals surface area contributed by atoms with Crippen LogP contribution in [0.3, 0.4) is 0 Å². The zero-order valence-corrected chi connectivity index (χ0v) is 11.1. The summed E-state index contributed by atoms with van der Waals surface area (Å²) in [6.45, 7) is 5.46. The van der Waals surface area contributed by atoms with Crippen molar-refractivity contribution in [1.29, 1.82) is 0 Å². The number of aromatic nitrogens is 3. The molecule has 0 spiro atoms. The number of ether oxygens (including phenoxy) is 1. The van der Waals surface area contributed by atoms with Gasteiger partial charge in [-0.3, -0.25) is 5.32 Å². The molecule has 1 heterocycles. The molecule has 0 unspecified atom stereocenters. The Hall–Kier alpha value is -2.37. The minimum absolute atomic E-state index is 0.471. The number of rotatable bonds is 2. The molecule has 1 aromatic carbocycles. The molecule has 6 nitrogen and oxygen atoms in total. The highest BCUT2D eigenvalue weighted by molar-refractivity contribution is 5.84. The first-order valence-electron chi connectivity index (χ1n) is 5.91. The molecule has 0 aliphatic rings. The van der Waals surface area contributed by atoms with Gasteiger partial charge in [-0.1, -0.05) is 5.21 Å². The fraction of sp³-hybridized carbons (Fsp3) is 0.308. The SMILES string of the molecule is CC(C)(C)OC(=O)Nc1ccc(-n2ccnn2)cc1. The highest BCUT2D eigenvalue weighted by atomic mass is 16.6. The number of amides is 1. The van der Waals surface area contributed by atoms with Crippen molar-refractivity contribution >= 4 is 11.8 Å². The molecule has 2 aromatic rings. The van der Waals surface area contributed by atoms with Gasteiger partial charge in [0.25, 0.3) is 0 Å². The van der Waals surface area contributed by atoms with Crippen LogP contribution in [0.5, 0.6) is 0 Å². The van der Waals surface area contributed by atoms with Crippen LogP contribution in [0.25, 0.3) is 5.69 Å². The molecule has 1 aromatic heterocycles. The van der Waals surface area contributed by atoms with Gasteiger partial charge in [0.15, 0.2) is 0 Å². The van der Waals surface area contributed by atoms with Crippen molar-refractivity contribution in [3.05, 3.63) is 36.7 Å². The van der Waals surface area contributed by atoms with Gasteiger partial charge in [-0.05, 0) is 45.0 Å². The molecule has 19 heavy (non-hydrogen) atoms. The molecular weight excluding hydrogens is 244 g/mol. The molecule has 0 atom stereocenters. The van der Waals surface area contributed by atoms with Crippen molar-refractivity contribution in [2.45, 2.75) is 26.4 Å². The van der Waals surface area contributed by atoms with Crippen molar-refractivity contribution in [2.24, 2.45) is 0 Å². The lowest BCUT2D eigenvalue weighted by Crippen LogP contribution is -2.27. The van der Waals surface area contributed by atoms with Gasteiger partial charge in [-0.2, -0.15) is 0 Å². The Morgan fingerprint density at radius 1 is 1.26 bits per heavy atom. The minimum atomic E-state index is -0.509. The molecule has 0 saturated carbocycles. The van der Waals surface area contributed by atoms with E-state index in [2.05, 4.69) is 15.6 Å². The third kappa shape index (κ3) is 3.80. The van der Waals surface area contributed by atoms with Crippen LogP contribution in [0.4, 0.5) is 10.5 Å². The van der Waals surface area contributed by atoms with Crippen LogP contribution >= 0.6 is 0 Å². The number of hydrogen-bond acceptors (Lipinski definition) is 4. The van der Waals surface area contributed by atoms with E-state index in [4.69, 9.17) is 4.74 Å². The van der Waals surface area contributed by atoms with Crippen LogP contribution in [-0.2, 0) is 4.74 Å². The van der Waals surface area contributed by atoms with E-state index in [1.54, 1.807) is 29.2 Å². The fourth-order valence-electron chi connectivity index (χ4n) is 1.46. The normalized spacial score (nSPS) is 11.1. The van der Waals surface area contributed by atoms with Gasteiger partial charge in [0.2, 0.25) is 0 Å². The molecular formula is C13H16N4O2. The summed E-state index contributed by atoms with van der Waals surface area (Å²) >= 11 is 0.